The molecule has 0 spiro atoms. The molecule has 3 amide bonds. The SMILES string of the molecule is O=C1CC(N(Cc2ccccc2)C(=O)c2ccco2)C(=O)N1c1ccc(F)cc1. The molecule has 1 aliphatic heterocycles. The molecule has 1 atom stereocenters. The van der Waals surface area contributed by atoms with Crippen LogP contribution in [0, 0.1) is 5.82 Å². The molecule has 3 aromatic rings. The number of carbonyl (C=O) groups is 3. The summed E-state index contributed by atoms with van der Waals surface area (Å²) in [7, 11) is 0. The average molecular weight is 392 g/mol. The van der Waals surface area contributed by atoms with Crippen molar-refractivity contribution in [2.45, 2.75) is 19.0 Å². The van der Waals surface area contributed by atoms with Crippen LogP contribution in [0.4, 0.5) is 10.1 Å². The molecule has 2 heterocycles. The number of amides is 3. The lowest BCUT2D eigenvalue weighted by molar-refractivity contribution is -0.122. The van der Waals surface area contributed by atoms with Gasteiger partial charge in [0.2, 0.25) is 5.91 Å². The van der Waals surface area contributed by atoms with E-state index in [9.17, 15) is 18.8 Å². The van der Waals surface area contributed by atoms with E-state index in [-0.39, 0.29) is 24.4 Å². The minimum atomic E-state index is -0.981. The van der Waals surface area contributed by atoms with Crippen LogP contribution in [0.15, 0.2) is 77.4 Å². The highest BCUT2D eigenvalue weighted by molar-refractivity contribution is 6.23. The monoisotopic (exact) mass is 392 g/mol. The molecule has 0 saturated carbocycles. The third-order valence-corrected chi connectivity index (χ3v) is 4.77. The van der Waals surface area contributed by atoms with E-state index in [2.05, 4.69) is 0 Å². The van der Waals surface area contributed by atoms with Gasteiger partial charge in [-0.2, -0.15) is 0 Å². The summed E-state index contributed by atoms with van der Waals surface area (Å²) in [6, 6.07) is 16.4. The quantitative estimate of drug-likeness (QED) is 0.624. The Morgan fingerprint density at radius 1 is 1.03 bits per heavy atom. The Hall–Kier alpha value is -3.74. The largest absolute Gasteiger partial charge is 0.459 e. The molecule has 0 bridgehead atoms. The third-order valence-electron chi connectivity index (χ3n) is 4.77. The molecule has 0 N–H and O–H groups in total. The number of furan rings is 1. The van der Waals surface area contributed by atoms with Crippen LogP contribution < -0.4 is 4.90 Å². The third kappa shape index (κ3) is 3.67. The minimum Gasteiger partial charge on any atom is -0.459 e. The number of nitrogens with zero attached hydrogens (tertiary/aromatic N) is 2. The predicted molar refractivity (Wildman–Crippen MR) is 102 cm³/mol. The highest BCUT2D eigenvalue weighted by Crippen LogP contribution is 2.28. The van der Waals surface area contributed by atoms with Crippen LogP contribution >= 0.6 is 0 Å². The topological polar surface area (TPSA) is 70.8 Å². The number of imide groups is 1. The van der Waals surface area contributed by atoms with Gasteiger partial charge in [-0.15, -0.1) is 0 Å². The van der Waals surface area contributed by atoms with Crippen molar-refractivity contribution in [3.63, 3.8) is 0 Å². The lowest BCUT2D eigenvalue weighted by Gasteiger charge is -2.27. The smallest absolute Gasteiger partial charge is 0.290 e. The van der Waals surface area contributed by atoms with Gasteiger partial charge in [0.15, 0.2) is 5.76 Å². The molecule has 0 aliphatic carbocycles. The standard InChI is InChI=1S/C22H17FN2O4/c23-16-8-10-17(11-9-16)25-20(26)13-18(21(25)27)24(14-15-5-2-1-3-6-15)22(28)19-7-4-12-29-19/h1-12,18H,13-14H2. The van der Waals surface area contributed by atoms with Crippen LogP contribution in [0.25, 0.3) is 0 Å². The Morgan fingerprint density at radius 3 is 2.41 bits per heavy atom. The van der Waals surface area contributed by atoms with E-state index in [4.69, 9.17) is 4.42 Å². The molecule has 6 nitrogen and oxygen atoms in total. The molecule has 146 valence electrons. The van der Waals surface area contributed by atoms with Crippen molar-refractivity contribution in [3.8, 4) is 0 Å². The Kier molecular flexibility index (Phi) is 4.95. The van der Waals surface area contributed by atoms with E-state index in [0.717, 1.165) is 10.5 Å². The summed E-state index contributed by atoms with van der Waals surface area (Å²) in [6.07, 6.45) is 1.22. The van der Waals surface area contributed by atoms with E-state index in [0.29, 0.717) is 0 Å². The second-order valence-electron chi connectivity index (χ2n) is 6.66. The molecule has 0 radical (unpaired) electrons. The molecule has 1 fully saturated rings. The number of carbonyl (C=O) groups excluding carboxylic acids is 3. The van der Waals surface area contributed by atoms with Gasteiger partial charge in [-0.1, -0.05) is 30.3 Å². The van der Waals surface area contributed by atoms with Crippen molar-refractivity contribution in [2.75, 3.05) is 4.90 Å². The fourth-order valence-electron chi connectivity index (χ4n) is 3.37. The van der Waals surface area contributed by atoms with Crippen LogP contribution in [-0.4, -0.2) is 28.7 Å². The van der Waals surface area contributed by atoms with E-state index in [1.807, 2.05) is 30.3 Å². The van der Waals surface area contributed by atoms with Crippen molar-refractivity contribution in [3.05, 3.63) is 90.1 Å². The summed E-state index contributed by atoms with van der Waals surface area (Å²) in [4.78, 5) is 41.1. The van der Waals surface area contributed by atoms with Gasteiger partial charge in [0, 0.05) is 6.54 Å². The zero-order valence-electron chi connectivity index (χ0n) is 15.3. The van der Waals surface area contributed by atoms with Gasteiger partial charge < -0.3 is 9.32 Å². The molecule has 4 rings (SSSR count). The maximum absolute atomic E-state index is 13.2. The zero-order chi connectivity index (χ0) is 20.4. The summed E-state index contributed by atoms with van der Waals surface area (Å²) in [6.45, 7) is 0.140. The second-order valence-corrected chi connectivity index (χ2v) is 6.66. The number of benzene rings is 2. The molecule has 1 aromatic heterocycles. The Morgan fingerprint density at radius 2 is 1.76 bits per heavy atom. The van der Waals surface area contributed by atoms with Crippen molar-refractivity contribution >= 4 is 23.4 Å². The normalized spacial score (nSPS) is 16.3. The lowest BCUT2D eigenvalue weighted by atomic mass is 10.1. The van der Waals surface area contributed by atoms with E-state index < -0.39 is 29.6 Å². The number of hydrogen-bond acceptors (Lipinski definition) is 4. The Labute approximate surface area is 166 Å². The molecule has 1 aliphatic rings. The summed E-state index contributed by atoms with van der Waals surface area (Å²) in [5.41, 5.74) is 1.09. The van der Waals surface area contributed by atoms with Gasteiger partial charge in [-0.25, -0.2) is 9.29 Å². The minimum absolute atomic E-state index is 0.0846. The lowest BCUT2D eigenvalue weighted by Crippen LogP contribution is -2.45. The molecule has 2 aromatic carbocycles. The van der Waals surface area contributed by atoms with Gasteiger partial charge in [-0.3, -0.25) is 14.4 Å². The highest BCUT2D eigenvalue weighted by Gasteiger charge is 2.45. The van der Waals surface area contributed by atoms with E-state index >= 15 is 0 Å². The second kappa shape index (κ2) is 7.71. The van der Waals surface area contributed by atoms with Crippen LogP contribution in [0.2, 0.25) is 0 Å². The molecular weight excluding hydrogens is 375 g/mol. The molecule has 29 heavy (non-hydrogen) atoms. The van der Waals surface area contributed by atoms with Crippen molar-refractivity contribution in [1.82, 2.24) is 4.90 Å². The Balaban J connectivity index is 1.66. The number of anilines is 1. The summed E-state index contributed by atoms with van der Waals surface area (Å²) in [5.74, 6) is -1.84. The van der Waals surface area contributed by atoms with Gasteiger partial charge in [0.1, 0.15) is 11.9 Å². The first kappa shape index (κ1) is 18.6. The van der Waals surface area contributed by atoms with Gasteiger partial charge in [0.05, 0.1) is 18.4 Å². The maximum Gasteiger partial charge on any atom is 0.290 e. The maximum atomic E-state index is 13.2. The van der Waals surface area contributed by atoms with Crippen LogP contribution in [-0.2, 0) is 16.1 Å². The van der Waals surface area contributed by atoms with Gasteiger partial charge in [0.25, 0.3) is 11.8 Å². The number of rotatable bonds is 5. The van der Waals surface area contributed by atoms with E-state index in [1.165, 1.54) is 41.5 Å². The molecular formula is C22H17FN2O4. The number of hydrogen-bond donors (Lipinski definition) is 0. The summed E-state index contributed by atoms with van der Waals surface area (Å²) >= 11 is 0. The summed E-state index contributed by atoms with van der Waals surface area (Å²) < 4.78 is 18.4. The first-order valence-electron chi connectivity index (χ1n) is 9.05. The average Bonchev–Trinajstić information content (AvgIpc) is 3.36. The molecule has 1 unspecified atom stereocenters. The van der Waals surface area contributed by atoms with Crippen molar-refractivity contribution < 1.29 is 23.2 Å². The van der Waals surface area contributed by atoms with Gasteiger partial charge in [-0.05, 0) is 42.0 Å². The first-order valence-corrected chi connectivity index (χ1v) is 9.05. The molecule has 7 heteroatoms. The fourth-order valence-corrected chi connectivity index (χ4v) is 3.37. The molecule has 1 saturated heterocycles. The first-order chi connectivity index (χ1) is 14.0. The van der Waals surface area contributed by atoms with Gasteiger partial charge >= 0.3 is 0 Å². The summed E-state index contributed by atoms with van der Waals surface area (Å²) in [5, 5.41) is 0. The van der Waals surface area contributed by atoms with Crippen LogP contribution in [0.3, 0.4) is 0 Å². The number of halogens is 1. The van der Waals surface area contributed by atoms with Crippen molar-refractivity contribution in [1.29, 1.82) is 0 Å². The fraction of sp³-hybridized carbons (Fsp3) is 0.136. The zero-order valence-corrected chi connectivity index (χ0v) is 15.3. The van der Waals surface area contributed by atoms with Crippen molar-refractivity contribution in [2.24, 2.45) is 0 Å². The van der Waals surface area contributed by atoms with E-state index in [1.54, 1.807) is 6.07 Å². The highest BCUT2D eigenvalue weighted by atomic mass is 19.1. The predicted octanol–water partition coefficient (Wildman–Crippen LogP) is 3.39. The Bertz CT molecular complexity index is 1030. The van der Waals surface area contributed by atoms with Crippen LogP contribution in [0.5, 0.6) is 0 Å². The van der Waals surface area contributed by atoms with Crippen LogP contribution in [0.1, 0.15) is 22.5 Å².